The molecule has 4 heteroatoms. The van der Waals surface area contributed by atoms with Gasteiger partial charge in [0.2, 0.25) is 5.92 Å². The maximum Gasteiger partial charge on any atom is 0.248 e. The van der Waals surface area contributed by atoms with E-state index in [0.717, 1.165) is 23.0 Å². The van der Waals surface area contributed by atoms with Gasteiger partial charge in [-0.25, -0.2) is 8.78 Å². The van der Waals surface area contributed by atoms with Gasteiger partial charge in [-0.1, -0.05) is 40.2 Å². The molecule has 0 bridgehead atoms. The van der Waals surface area contributed by atoms with Gasteiger partial charge in [0.25, 0.3) is 0 Å². The highest BCUT2D eigenvalue weighted by atomic mass is 79.9. The van der Waals surface area contributed by atoms with Crippen LogP contribution in [0.2, 0.25) is 0 Å². The summed E-state index contributed by atoms with van der Waals surface area (Å²) in [5, 5.41) is 1.13. The minimum absolute atomic E-state index is 0.0188. The van der Waals surface area contributed by atoms with Crippen molar-refractivity contribution in [2.24, 2.45) is 5.92 Å². The van der Waals surface area contributed by atoms with Gasteiger partial charge in [0.1, 0.15) is 0 Å². The molecular formula is C17H18BrF2N. The van der Waals surface area contributed by atoms with Crippen molar-refractivity contribution in [1.82, 2.24) is 4.98 Å². The van der Waals surface area contributed by atoms with Crippen LogP contribution in [-0.2, 0) is 6.42 Å². The van der Waals surface area contributed by atoms with Crippen LogP contribution in [0, 0.1) is 5.92 Å². The largest absolute Gasteiger partial charge is 0.253 e. The molecular weight excluding hydrogens is 336 g/mol. The highest BCUT2D eigenvalue weighted by molar-refractivity contribution is 9.09. The van der Waals surface area contributed by atoms with Gasteiger partial charge in [-0.3, -0.25) is 4.98 Å². The van der Waals surface area contributed by atoms with Crippen molar-refractivity contribution >= 4 is 26.8 Å². The van der Waals surface area contributed by atoms with Gasteiger partial charge in [-0.2, -0.15) is 0 Å². The maximum absolute atomic E-state index is 13.2. The van der Waals surface area contributed by atoms with Crippen LogP contribution >= 0.6 is 15.9 Å². The number of hydrogen-bond acceptors (Lipinski definition) is 1. The molecule has 1 nitrogen and oxygen atoms in total. The summed E-state index contributed by atoms with van der Waals surface area (Å²) >= 11 is 3.69. The number of halogens is 3. The Labute approximate surface area is 131 Å². The Balaban J connectivity index is 1.67. The van der Waals surface area contributed by atoms with Crippen LogP contribution in [0.4, 0.5) is 8.78 Å². The fraction of sp³-hybridized carbons (Fsp3) is 0.471. The quantitative estimate of drug-likeness (QED) is 0.676. The summed E-state index contributed by atoms with van der Waals surface area (Å²) in [4.78, 5) is 4.88. The van der Waals surface area contributed by atoms with E-state index in [9.17, 15) is 8.78 Å². The van der Waals surface area contributed by atoms with Crippen LogP contribution in [0.1, 0.15) is 31.4 Å². The minimum Gasteiger partial charge on any atom is -0.253 e. The number of para-hydroxylation sites is 1. The summed E-state index contributed by atoms with van der Waals surface area (Å²) in [5.74, 6) is -2.14. The topological polar surface area (TPSA) is 12.9 Å². The fourth-order valence-corrected chi connectivity index (χ4v) is 3.87. The van der Waals surface area contributed by atoms with Crippen molar-refractivity contribution in [3.05, 3.63) is 42.1 Å². The molecule has 0 N–H and O–H groups in total. The fourth-order valence-electron chi connectivity index (χ4n) is 3.01. The van der Waals surface area contributed by atoms with Gasteiger partial charge in [0.05, 0.1) is 5.52 Å². The maximum atomic E-state index is 13.2. The van der Waals surface area contributed by atoms with E-state index in [4.69, 9.17) is 0 Å². The minimum atomic E-state index is -2.45. The molecule has 1 aliphatic carbocycles. The SMILES string of the molecule is FC1(F)CCC(C(Br)Cc2ccc3ccccc3n2)CC1. The number of fused-ring (bicyclic) bond motifs is 1. The number of alkyl halides is 3. The zero-order chi connectivity index (χ0) is 14.9. The van der Waals surface area contributed by atoms with Crippen molar-refractivity contribution in [2.75, 3.05) is 0 Å². The number of rotatable bonds is 3. The standard InChI is InChI=1S/C17H18BrF2N/c18-15(12-7-9-17(19,20)10-8-12)11-14-6-5-13-3-1-2-4-16(13)21-14/h1-6,12,15H,7-11H2. The van der Waals surface area contributed by atoms with Crippen LogP contribution in [-0.4, -0.2) is 15.7 Å². The molecule has 1 aromatic carbocycles. The van der Waals surface area contributed by atoms with Gasteiger partial charge in [-0.15, -0.1) is 0 Å². The van der Waals surface area contributed by atoms with E-state index in [1.165, 1.54) is 0 Å². The molecule has 1 unspecified atom stereocenters. The van der Waals surface area contributed by atoms with E-state index in [1.54, 1.807) is 0 Å². The number of pyridine rings is 1. The predicted octanol–water partition coefficient (Wildman–Crippen LogP) is 5.37. The third-order valence-corrected chi connectivity index (χ3v) is 5.40. The second-order valence-corrected chi connectivity index (χ2v) is 7.08. The van der Waals surface area contributed by atoms with Crippen LogP contribution < -0.4 is 0 Å². The summed E-state index contributed by atoms with van der Waals surface area (Å²) < 4.78 is 26.4. The zero-order valence-electron chi connectivity index (χ0n) is 11.7. The van der Waals surface area contributed by atoms with Crippen LogP contribution in [0.5, 0.6) is 0 Å². The van der Waals surface area contributed by atoms with Crippen LogP contribution in [0.15, 0.2) is 36.4 Å². The molecule has 1 saturated carbocycles. The number of benzene rings is 1. The summed E-state index contributed by atoms with van der Waals surface area (Å²) in [7, 11) is 0. The Morgan fingerprint density at radius 2 is 1.86 bits per heavy atom. The van der Waals surface area contributed by atoms with Gasteiger partial charge < -0.3 is 0 Å². The molecule has 0 spiro atoms. The molecule has 1 atom stereocenters. The summed E-state index contributed by atoms with van der Waals surface area (Å²) in [6, 6.07) is 12.1. The van der Waals surface area contributed by atoms with Crippen LogP contribution in [0.3, 0.4) is 0 Å². The lowest BCUT2D eigenvalue weighted by atomic mass is 9.83. The molecule has 1 fully saturated rings. The molecule has 21 heavy (non-hydrogen) atoms. The Kier molecular flexibility index (Phi) is 4.25. The predicted molar refractivity (Wildman–Crippen MR) is 85.1 cm³/mol. The molecule has 1 heterocycles. The number of nitrogens with zero attached hydrogens (tertiary/aromatic N) is 1. The van der Waals surface area contributed by atoms with E-state index in [2.05, 4.69) is 27.0 Å². The van der Waals surface area contributed by atoms with Crippen molar-refractivity contribution in [3.8, 4) is 0 Å². The van der Waals surface area contributed by atoms with Gasteiger partial charge >= 0.3 is 0 Å². The third kappa shape index (κ3) is 3.60. The van der Waals surface area contributed by atoms with Gasteiger partial charge in [0, 0.05) is 35.2 Å². The summed E-state index contributed by atoms with van der Waals surface area (Å²) in [6.07, 6.45) is 2.02. The van der Waals surface area contributed by atoms with Crippen molar-refractivity contribution in [3.63, 3.8) is 0 Å². The number of aromatic nitrogens is 1. The Hall–Kier alpha value is -1.03. The van der Waals surface area contributed by atoms with E-state index in [-0.39, 0.29) is 17.7 Å². The molecule has 112 valence electrons. The van der Waals surface area contributed by atoms with E-state index >= 15 is 0 Å². The molecule has 2 aromatic rings. The Bertz CT molecular complexity index is 619. The Morgan fingerprint density at radius 3 is 2.62 bits per heavy atom. The molecule has 3 rings (SSSR count). The molecule has 0 radical (unpaired) electrons. The first-order valence-corrected chi connectivity index (χ1v) is 8.32. The highest BCUT2D eigenvalue weighted by Gasteiger charge is 2.37. The second kappa shape index (κ2) is 5.99. The smallest absolute Gasteiger partial charge is 0.248 e. The number of hydrogen-bond donors (Lipinski definition) is 0. The van der Waals surface area contributed by atoms with E-state index in [1.807, 2.05) is 30.3 Å². The van der Waals surface area contributed by atoms with E-state index < -0.39 is 5.92 Å². The normalized spacial score (nSPS) is 20.5. The lowest BCUT2D eigenvalue weighted by Crippen LogP contribution is -2.29. The lowest BCUT2D eigenvalue weighted by molar-refractivity contribution is -0.0456. The van der Waals surface area contributed by atoms with Gasteiger partial charge in [0.15, 0.2) is 0 Å². The first kappa shape index (κ1) is 14.9. The molecule has 0 amide bonds. The average Bonchev–Trinajstić information content (AvgIpc) is 2.47. The Morgan fingerprint density at radius 1 is 1.14 bits per heavy atom. The van der Waals surface area contributed by atoms with Gasteiger partial charge in [-0.05, 0) is 30.9 Å². The lowest BCUT2D eigenvalue weighted by Gasteiger charge is -2.31. The molecule has 1 aliphatic rings. The first-order chi connectivity index (χ1) is 10.0. The zero-order valence-corrected chi connectivity index (χ0v) is 13.3. The summed E-state index contributed by atoms with van der Waals surface area (Å²) in [6.45, 7) is 0. The third-order valence-electron chi connectivity index (χ3n) is 4.33. The first-order valence-electron chi connectivity index (χ1n) is 7.40. The van der Waals surface area contributed by atoms with E-state index in [0.29, 0.717) is 18.8 Å². The molecule has 1 aromatic heterocycles. The van der Waals surface area contributed by atoms with Crippen molar-refractivity contribution in [2.45, 2.75) is 42.9 Å². The van der Waals surface area contributed by atoms with Crippen molar-refractivity contribution in [1.29, 1.82) is 0 Å². The second-order valence-electron chi connectivity index (χ2n) is 5.91. The van der Waals surface area contributed by atoms with Crippen molar-refractivity contribution < 1.29 is 8.78 Å². The average molecular weight is 354 g/mol. The highest BCUT2D eigenvalue weighted by Crippen LogP contribution is 2.39. The van der Waals surface area contributed by atoms with Crippen LogP contribution in [0.25, 0.3) is 10.9 Å². The molecule has 0 aliphatic heterocycles. The summed E-state index contributed by atoms with van der Waals surface area (Å²) in [5.41, 5.74) is 2.01. The molecule has 0 saturated heterocycles. The monoisotopic (exact) mass is 353 g/mol.